The van der Waals surface area contributed by atoms with Crippen LogP contribution in [0.25, 0.3) is 0 Å². The van der Waals surface area contributed by atoms with E-state index >= 15 is 0 Å². The molecule has 2 amide bonds. The molecule has 2 atom stereocenters. The number of ether oxygens (including phenoxy) is 1. The second kappa shape index (κ2) is 7.81. The Morgan fingerprint density at radius 1 is 1.31 bits per heavy atom. The molecule has 2 N–H and O–H groups in total. The van der Waals surface area contributed by atoms with Crippen LogP contribution in [0.15, 0.2) is 35.5 Å². The Balaban J connectivity index is 1.98. The summed E-state index contributed by atoms with van der Waals surface area (Å²) < 4.78 is 5.26. The molecule has 1 aromatic rings. The van der Waals surface area contributed by atoms with E-state index in [1.165, 1.54) is 11.3 Å². The zero-order chi connectivity index (χ0) is 18.7. The average Bonchev–Trinajstić information content (AvgIpc) is 2.63. The lowest BCUT2D eigenvalue weighted by atomic mass is 9.95. The van der Waals surface area contributed by atoms with Gasteiger partial charge in [-0.15, -0.1) is 0 Å². The van der Waals surface area contributed by atoms with Gasteiger partial charge in [0.2, 0.25) is 0 Å². The number of hydrogen-bond acceptors (Lipinski definition) is 4. The van der Waals surface area contributed by atoms with E-state index in [4.69, 9.17) is 4.74 Å². The first-order valence-electron chi connectivity index (χ1n) is 9.37. The van der Waals surface area contributed by atoms with Gasteiger partial charge in [-0.25, -0.2) is 9.59 Å². The minimum Gasteiger partial charge on any atom is -0.463 e. The minimum atomic E-state index is -0.361. The quantitative estimate of drug-likeness (QED) is 0.795. The molecule has 1 aromatic carbocycles. The van der Waals surface area contributed by atoms with Crippen LogP contribution in [0.3, 0.4) is 0 Å². The number of nitrogens with one attached hydrogen (secondary N) is 2. The molecule has 0 fully saturated rings. The third-order valence-electron chi connectivity index (χ3n) is 5.14. The van der Waals surface area contributed by atoms with Gasteiger partial charge < -0.3 is 20.3 Å². The molecule has 0 saturated heterocycles. The van der Waals surface area contributed by atoms with Crippen LogP contribution in [0.4, 0.5) is 10.5 Å². The standard InChI is InChI=1S/C20H27N3O3/c1-4-15-18(19(24)26-5-2)16(22-20(25)21-15)12-23-13(3)10-11-14-8-6-7-9-17(14)23/h6-9,13,15H,4-5,10-12H2,1-3H3,(H2,21,22,25)/t13-,15+/m0/s1. The van der Waals surface area contributed by atoms with Gasteiger partial charge in [0.05, 0.1) is 30.5 Å². The van der Waals surface area contributed by atoms with Crippen LogP contribution < -0.4 is 15.5 Å². The molecular formula is C20H27N3O3. The highest BCUT2D eigenvalue weighted by atomic mass is 16.5. The molecule has 0 spiro atoms. The molecule has 6 nitrogen and oxygen atoms in total. The fraction of sp³-hybridized carbons (Fsp3) is 0.500. The number of carbonyl (C=O) groups excluding carboxylic acids is 2. The number of aryl methyl sites for hydroxylation is 1. The number of hydrogen-bond donors (Lipinski definition) is 2. The molecule has 140 valence electrons. The lowest BCUT2D eigenvalue weighted by Crippen LogP contribution is -2.53. The summed E-state index contributed by atoms with van der Waals surface area (Å²) in [6.45, 7) is 6.71. The van der Waals surface area contributed by atoms with Crippen molar-refractivity contribution in [2.24, 2.45) is 0 Å². The molecule has 0 aliphatic carbocycles. The van der Waals surface area contributed by atoms with Crippen molar-refractivity contribution in [3.8, 4) is 0 Å². The van der Waals surface area contributed by atoms with Crippen LogP contribution in [-0.2, 0) is 16.0 Å². The third kappa shape index (κ3) is 3.54. The van der Waals surface area contributed by atoms with Crippen molar-refractivity contribution in [1.82, 2.24) is 10.6 Å². The largest absolute Gasteiger partial charge is 0.463 e. The predicted octanol–water partition coefficient (Wildman–Crippen LogP) is 2.74. The van der Waals surface area contributed by atoms with E-state index in [1.54, 1.807) is 6.92 Å². The van der Waals surface area contributed by atoms with Crippen molar-refractivity contribution in [3.05, 3.63) is 41.1 Å². The lowest BCUT2D eigenvalue weighted by molar-refractivity contribution is -0.139. The first-order valence-corrected chi connectivity index (χ1v) is 9.37. The minimum absolute atomic E-state index is 0.266. The molecule has 2 aliphatic rings. The fourth-order valence-corrected chi connectivity index (χ4v) is 3.76. The zero-order valence-corrected chi connectivity index (χ0v) is 15.7. The fourth-order valence-electron chi connectivity index (χ4n) is 3.76. The summed E-state index contributed by atoms with van der Waals surface area (Å²) in [6.07, 6.45) is 2.72. The second-order valence-electron chi connectivity index (χ2n) is 6.82. The molecule has 0 unspecified atom stereocenters. The highest BCUT2D eigenvalue weighted by Gasteiger charge is 2.33. The SMILES string of the molecule is CCOC(=O)C1=C(CN2c3ccccc3CC[C@@H]2C)NC(=O)N[C@@H]1CC. The van der Waals surface area contributed by atoms with E-state index in [1.807, 2.05) is 13.0 Å². The molecule has 0 saturated carbocycles. The third-order valence-corrected chi connectivity index (χ3v) is 5.14. The lowest BCUT2D eigenvalue weighted by Gasteiger charge is -2.39. The number of anilines is 1. The maximum atomic E-state index is 12.6. The van der Waals surface area contributed by atoms with E-state index in [0.717, 1.165) is 12.8 Å². The van der Waals surface area contributed by atoms with Gasteiger partial charge in [-0.05, 0) is 44.7 Å². The van der Waals surface area contributed by atoms with E-state index in [2.05, 4.69) is 40.7 Å². The Bertz CT molecular complexity index is 729. The van der Waals surface area contributed by atoms with Gasteiger partial charge in [0, 0.05) is 11.7 Å². The van der Waals surface area contributed by atoms with Gasteiger partial charge in [0.15, 0.2) is 0 Å². The smallest absolute Gasteiger partial charge is 0.337 e. The molecule has 2 heterocycles. The van der Waals surface area contributed by atoms with Crippen molar-refractivity contribution in [1.29, 1.82) is 0 Å². The Labute approximate surface area is 154 Å². The van der Waals surface area contributed by atoms with Crippen LogP contribution in [0, 0.1) is 0 Å². The molecule has 0 aromatic heterocycles. The van der Waals surface area contributed by atoms with Gasteiger partial charge in [-0.1, -0.05) is 25.1 Å². The maximum Gasteiger partial charge on any atom is 0.337 e. The summed E-state index contributed by atoms with van der Waals surface area (Å²) in [7, 11) is 0. The maximum absolute atomic E-state index is 12.6. The molecule has 0 radical (unpaired) electrons. The van der Waals surface area contributed by atoms with Crippen LogP contribution in [0.2, 0.25) is 0 Å². The molecule has 2 aliphatic heterocycles. The van der Waals surface area contributed by atoms with E-state index in [0.29, 0.717) is 36.9 Å². The van der Waals surface area contributed by atoms with Gasteiger partial charge in [0.25, 0.3) is 0 Å². The van der Waals surface area contributed by atoms with Crippen molar-refractivity contribution < 1.29 is 14.3 Å². The summed E-state index contributed by atoms with van der Waals surface area (Å²) in [5, 5.41) is 5.68. The highest BCUT2D eigenvalue weighted by molar-refractivity contribution is 5.95. The van der Waals surface area contributed by atoms with Crippen LogP contribution in [0.1, 0.15) is 39.2 Å². The van der Waals surface area contributed by atoms with Crippen LogP contribution in [0.5, 0.6) is 0 Å². The molecule has 26 heavy (non-hydrogen) atoms. The monoisotopic (exact) mass is 357 g/mol. The number of esters is 1. The summed E-state index contributed by atoms with van der Waals surface area (Å²) >= 11 is 0. The summed E-state index contributed by atoms with van der Waals surface area (Å²) in [5.74, 6) is -0.361. The first kappa shape index (κ1) is 18.3. The van der Waals surface area contributed by atoms with Gasteiger partial charge in [-0.2, -0.15) is 0 Å². The average molecular weight is 357 g/mol. The number of benzene rings is 1. The highest BCUT2D eigenvalue weighted by Crippen LogP contribution is 2.31. The Morgan fingerprint density at radius 2 is 2.08 bits per heavy atom. The summed E-state index contributed by atoms with van der Waals surface area (Å²) in [4.78, 5) is 26.9. The van der Waals surface area contributed by atoms with Crippen molar-refractivity contribution >= 4 is 17.7 Å². The van der Waals surface area contributed by atoms with Crippen molar-refractivity contribution in [3.63, 3.8) is 0 Å². The molecular weight excluding hydrogens is 330 g/mol. The van der Waals surface area contributed by atoms with Gasteiger partial charge >= 0.3 is 12.0 Å². The number of para-hydroxylation sites is 1. The molecule has 3 rings (SSSR count). The number of urea groups is 1. The van der Waals surface area contributed by atoms with Crippen molar-refractivity contribution in [2.45, 2.75) is 52.1 Å². The normalized spacial score (nSPS) is 22.4. The van der Waals surface area contributed by atoms with E-state index in [9.17, 15) is 9.59 Å². The van der Waals surface area contributed by atoms with E-state index < -0.39 is 0 Å². The molecule has 6 heteroatoms. The van der Waals surface area contributed by atoms with Gasteiger partial charge in [-0.3, -0.25) is 0 Å². The number of nitrogens with zero attached hydrogens (tertiary/aromatic N) is 1. The van der Waals surface area contributed by atoms with Gasteiger partial charge in [0.1, 0.15) is 0 Å². The van der Waals surface area contributed by atoms with Crippen LogP contribution >= 0.6 is 0 Å². The number of fused-ring (bicyclic) bond motifs is 1. The summed E-state index contributed by atoms with van der Waals surface area (Å²) in [6, 6.07) is 8.06. The van der Waals surface area contributed by atoms with Crippen LogP contribution in [-0.4, -0.2) is 37.2 Å². The first-order chi connectivity index (χ1) is 12.5. The Hall–Kier alpha value is -2.50. The topological polar surface area (TPSA) is 70.7 Å². The van der Waals surface area contributed by atoms with Crippen molar-refractivity contribution in [2.75, 3.05) is 18.1 Å². The number of rotatable bonds is 5. The second-order valence-corrected chi connectivity index (χ2v) is 6.82. The Kier molecular flexibility index (Phi) is 5.49. The van der Waals surface area contributed by atoms with E-state index in [-0.39, 0.29) is 18.0 Å². The predicted molar refractivity (Wildman–Crippen MR) is 101 cm³/mol. The zero-order valence-electron chi connectivity index (χ0n) is 15.7. The Morgan fingerprint density at radius 3 is 2.81 bits per heavy atom. The number of amides is 2. The summed E-state index contributed by atoms with van der Waals surface area (Å²) in [5.41, 5.74) is 3.64. The molecule has 0 bridgehead atoms. The number of carbonyl (C=O) groups is 2.